The molecule has 0 bridgehead atoms. The zero-order valence-corrected chi connectivity index (χ0v) is 24.5. The lowest BCUT2D eigenvalue weighted by Gasteiger charge is -2.26. The second-order valence-electron chi connectivity index (χ2n) is 12.3. The Morgan fingerprint density at radius 3 is 2.41 bits per heavy atom. The molecular weight excluding hydrogens is 522 g/mol. The molecule has 218 valence electrons. The van der Waals surface area contributed by atoms with Gasteiger partial charge in [0.05, 0.1) is 11.4 Å². The summed E-state index contributed by atoms with van der Waals surface area (Å²) >= 11 is 0. The number of rotatable bonds is 7. The fourth-order valence-corrected chi connectivity index (χ4v) is 5.14. The number of hydroxylamine groups is 1. The average Bonchev–Trinajstić information content (AvgIpc) is 3.43. The van der Waals surface area contributed by atoms with E-state index in [9.17, 15) is 14.4 Å². The van der Waals surface area contributed by atoms with Crippen LogP contribution >= 0.6 is 0 Å². The zero-order valence-electron chi connectivity index (χ0n) is 24.5. The summed E-state index contributed by atoms with van der Waals surface area (Å²) in [6, 6.07) is 13.2. The Balaban J connectivity index is 1.54. The molecule has 3 aromatic rings. The van der Waals surface area contributed by atoms with Crippen molar-refractivity contribution in [1.82, 2.24) is 15.4 Å². The number of hydrogen-bond acceptors (Lipinski definition) is 7. The van der Waals surface area contributed by atoms with Crippen molar-refractivity contribution < 1.29 is 29.1 Å². The molecule has 3 N–H and O–H groups in total. The predicted octanol–water partition coefficient (Wildman–Crippen LogP) is 5.13. The molecule has 1 aliphatic rings. The van der Waals surface area contributed by atoms with Crippen LogP contribution in [0.25, 0.3) is 17.0 Å². The first-order valence-electron chi connectivity index (χ1n) is 13.8. The van der Waals surface area contributed by atoms with E-state index in [-0.39, 0.29) is 12.0 Å². The summed E-state index contributed by atoms with van der Waals surface area (Å²) in [6.07, 6.45) is 5.49. The third kappa shape index (κ3) is 7.42. The maximum absolute atomic E-state index is 13.4. The Morgan fingerprint density at radius 1 is 1.02 bits per heavy atom. The van der Waals surface area contributed by atoms with Gasteiger partial charge in [-0.25, -0.2) is 10.3 Å². The molecule has 1 amide bonds. The topological polar surface area (TPSA) is 119 Å². The van der Waals surface area contributed by atoms with Gasteiger partial charge in [-0.3, -0.25) is 19.4 Å². The monoisotopic (exact) mass is 561 g/mol. The summed E-state index contributed by atoms with van der Waals surface area (Å²) in [7, 11) is 0. The van der Waals surface area contributed by atoms with Crippen LogP contribution < -0.4 is 10.8 Å². The summed E-state index contributed by atoms with van der Waals surface area (Å²) in [5.41, 5.74) is 4.79. The maximum Gasteiger partial charge on any atom is 0.419 e. The van der Waals surface area contributed by atoms with Crippen LogP contribution in [0.5, 0.6) is 0 Å². The molecule has 0 fully saturated rings. The molecule has 9 nitrogen and oxygen atoms in total. The highest BCUT2D eigenvalue weighted by atomic mass is 16.6. The van der Waals surface area contributed by atoms with E-state index in [1.54, 1.807) is 16.1 Å². The molecule has 0 saturated carbocycles. The van der Waals surface area contributed by atoms with Gasteiger partial charge in [0.25, 0.3) is 5.91 Å². The van der Waals surface area contributed by atoms with Crippen LogP contribution in [-0.4, -0.2) is 51.5 Å². The van der Waals surface area contributed by atoms with Gasteiger partial charge in [-0.2, -0.15) is 0 Å². The molecule has 0 aliphatic heterocycles. The van der Waals surface area contributed by atoms with Crippen LogP contribution in [0.1, 0.15) is 69.7 Å². The second kappa shape index (κ2) is 11.9. The number of carbonyl (C=O) groups is 3. The van der Waals surface area contributed by atoms with Gasteiger partial charge in [0.15, 0.2) is 0 Å². The van der Waals surface area contributed by atoms with Crippen molar-refractivity contribution in [2.24, 2.45) is 0 Å². The largest absolute Gasteiger partial charge is 0.459 e. The number of amides is 1. The molecule has 1 heterocycles. The molecule has 41 heavy (non-hydrogen) atoms. The molecule has 2 unspecified atom stereocenters. The first-order chi connectivity index (χ1) is 19.3. The van der Waals surface area contributed by atoms with E-state index in [1.807, 2.05) is 90.2 Å². The van der Waals surface area contributed by atoms with Gasteiger partial charge in [0.2, 0.25) is 0 Å². The van der Waals surface area contributed by atoms with Gasteiger partial charge in [-0.05, 0) is 95.3 Å². The molecule has 0 saturated heterocycles. The number of hydrogen-bond donors (Lipinski definition) is 3. The fourth-order valence-electron chi connectivity index (χ4n) is 5.14. The average molecular weight is 562 g/mol. The molecule has 1 aromatic heterocycles. The van der Waals surface area contributed by atoms with E-state index >= 15 is 0 Å². The lowest BCUT2D eigenvalue weighted by Crippen LogP contribution is -2.40. The summed E-state index contributed by atoms with van der Waals surface area (Å²) in [5.74, 6) is -1.41. The van der Waals surface area contributed by atoms with Crippen molar-refractivity contribution in [3.8, 4) is 0 Å². The van der Waals surface area contributed by atoms with E-state index in [2.05, 4.69) is 5.32 Å². The number of carbonyl (C=O) groups excluding carboxylic acids is 3. The van der Waals surface area contributed by atoms with Gasteiger partial charge >= 0.3 is 12.1 Å². The molecule has 2 atom stereocenters. The molecule has 4 rings (SSSR count). The van der Waals surface area contributed by atoms with Crippen LogP contribution in [0, 0.1) is 0 Å². The Kier molecular flexibility index (Phi) is 8.70. The first kappa shape index (κ1) is 30.0. The molecule has 0 radical (unpaired) electrons. The number of fused-ring (bicyclic) bond motifs is 2. The fraction of sp³-hybridized carbons (Fsp3) is 0.406. The predicted molar refractivity (Wildman–Crippen MR) is 157 cm³/mol. The minimum absolute atomic E-state index is 0.195. The summed E-state index contributed by atoms with van der Waals surface area (Å²) < 4.78 is 13.0. The Bertz CT molecular complexity index is 1470. The van der Waals surface area contributed by atoms with Crippen LogP contribution in [0.3, 0.4) is 0 Å². The molecule has 1 aliphatic carbocycles. The third-order valence-corrected chi connectivity index (χ3v) is 6.73. The van der Waals surface area contributed by atoms with Crippen LogP contribution in [0.2, 0.25) is 0 Å². The number of nitrogens with one attached hydrogen (secondary N) is 2. The lowest BCUT2D eigenvalue weighted by atomic mass is 9.96. The highest BCUT2D eigenvalue weighted by Crippen LogP contribution is 2.36. The quantitative estimate of drug-likeness (QED) is 0.158. The van der Waals surface area contributed by atoms with Crippen molar-refractivity contribution in [1.29, 1.82) is 0 Å². The van der Waals surface area contributed by atoms with Crippen LogP contribution in [-0.2, 0) is 31.9 Å². The van der Waals surface area contributed by atoms with Crippen molar-refractivity contribution in [3.63, 3.8) is 0 Å². The van der Waals surface area contributed by atoms with Gasteiger partial charge in [-0.1, -0.05) is 36.4 Å². The summed E-state index contributed by atoms with van der Waals surface area (Å²) in [5, 5.41) is 13.3. The van der Waals surface area contributed by atoms with Crippen LogP contribution in [0.15, 0.2) is 54.7 Å². The lowest BCUT2D eigenvalue weighted by molar-refractivity contribution is -0.157. The molecule has 2 aromatic carbocycles. The smallest absolute Gasteiger partial charge is 0.419 e. The van der Waals surface area contributed by atoms with E-state index in [0.717, 1.165) is 33.2 Å². The first-order valence-corrected chi connectivity index (χ1v) is 13.8. The molecule has 0 spiro atoms. The van der Waals surface area contributed by atoms with Crippen molar-refractivity contribution >= 4 is 34.9 Å². The van der Waals surface area contributed by atoms with E-state index < -0.39 is 29.1 Å². The van der Waals surface area contributed by atoms with Gasteiger partial charge in [-0.15, -0.1) is 0 Å². The SMILES string of the molecule is CC(C)(C)OC(=O)C1c2ccc(C=CC(=O)NO)cc2CC1NCCc1cn(C(=O)OC(C)(C)C)c2ccccc12. The number of benzene rings is 2. The number of aromatic nitrogens is 1. The van der Waals surface area contributed by atoms with E-state index in [4.69, 9.17) is 14.7 Å². The second-order valence-corrected chi connectivity index (χ2v) is 12.3. The minimum atomic E-state index is -0.631. The van der Waals surface area contributed by atoms with Crippen molar-refractivity contribution in [2.45, 2.75) is 77.5 Å². The van der Waals surface area contributed by atoms with E-state index in [0.29, 0.717) is 19.4 Å². The third-order valence-electron chi connectivity index (χ3n) is 6.73. The summed E-state index contributed by atoms with van der Waals surface area (Å²) in [4.78, 5) is 37.7. The zero-order chi connectivity index (χ0) is 29.9. The highest BCUT2D eigenvalue weighted by molar-refractivity contribution is 5.92. The Hall–Kier alpha value is -3.95. The number of para-hydroxylation sites is 1. The number of ether oxygens (including phenoxy) is 2. The van der Waals surface area contributed by atoms with Gasteiger partial charge in [0.1, 0.15) is 11.2 Å². The highest BCUT2D eigenvalue weighted by Gasteiger charge is 2.39. The Morgan fingerprint density at radius 2 is 1.73 bits per heavy atom. The van der Waals surface area contributed by atoms with Crippen LogP contribution in [0.4, 0.5) is 4.79 Å². The summed E-state index contributed by atoms with van der Waals surface area (Å²) in [6.45, 7) is 11.6. The Labute approximate surface area is 240 Å². The normalized spacial score (nSPS) is 17.0. The minimum Gasteiger partial charge on any atom is -0.459 e. The van der Waals surface area contributed by atoms with E-state index in [1.165, 1.54) is 6.08 Å². The number of esters is 1. The molecule has 9 heteroatoms. The number of nitrogens with zero attached hydrogens (tertiary/aromatic N) is 1. The standard InChI is InChI=1S/C32H39N3O6/c1-31(2,3)40-29(37)28-24-13-11-20(12-14-27(36)34-39)17-22(24)18-25(28)33-16-15-21-19-35(30(38)41-32(4,5)6)26-10-8-7-9-23(21)26/h7-14,17,19,25,28,33,39H,15-16,18H2,1-6H3,(H,34,36). The van der Waals surface area contributed by atoms with Gasteiger partial charge in [0, 0.05) is 23.7 Å². The van der Waals surface area contributed by atoms with Crippen molar-refractivity contribution in [3.05, 3.63) is 77.0 Å². The van der Waals surface area contributed by atoms with Crippen molar-refractivity contribution in [2.75, 3.05) is 6.54 Å². The molecular formula is C32H39N3O6. The maximum atomic E-state index is 13.4. The van der Waals surface area contributed by atoms with Gasteiger partial charge < -0.3 is 14.8 Å².